The highest BCUT2D eigenvalue weighted by atomic mass is 16.5. The Bertz CT molecular complexity index is 838. The van der Waals surface area contributed by atoms with Crippen molar-refractivity contribution in [2.75, 3.05) is 44.7 Å². The quantitative estimate of drug-likeness (QED) is 0.512. The predicted octanol–water partition coefficient (Wildman–Crippen LogP) is 5.53. The number of anilines is 1. The lowest BCUT2D eigenvalue weighted by Crippen LogP contribution is -2.47. The van der Waals surface area contributed by atoms with Crippen LogP contribution in [0.1, 0.15) is 56.4 Å². The van der Waals surface area contributed by atoms with Gasteiger partial charge in [0, 0.05) is 38.0 Å². The number of piperazine rings is 1. The zero-order valence-electron chi connectivity index (χ0n) is 19.5. The van der Waals surface area contributed by atoms with E-state index in [-0.39, 0.29) is 11.8 Å². The van der Waals surface area contributed by atoms with E-state index in [2.05, 4.69) is 46.2 Å². The monoisotopic (exact) mass is 434 g/mol. The molecule has 0 N–H and O–H groups in total. The van der Waals surface area contributed by atoms with Gasteiger partial charge in [0.15, 0.2) is 0 Å². The minimum atomic E-state index is 0.0338. The summed E-state index contributed by atoms with van der Waals surface area (Å²) in [4.78, 5) is 18.5. The Hall–Kier alpha value is -2.33. The zero-order chi connectivity index (χ0) is 22.2. The molecule has 0 aromatic heterocycles. The highest BCUT2D eigenvalue weighted by molar-refractivity contribution is 5.87. The number of carbonyl (C=O) groups is 1. The lowest BCUT2D eigenvalue weighted by molar-refractivity contribution is -0.125. The van der Waals surface area contributed by atoms with E-state index < -0.39 is 0 Å². The molecule has 2 aliphatic rings. The fourth-order valence-corrected chi connectivity index (χ4v) is 5.42. The molecule has 1 heterocycles. The maximum absolute atomic E-state index is 13.6. The Morgan fingerprint density at radius 2 is 1.56 bits per heavy atom. The molecule has 1 atom stereocenters. The smallest absolute Gasteiger partial charge is 0.143 e. The van der Waals surface area contributed by atoms with Crippen molar-refractivity contribution in [2.24, 2.45) is 5.92 Å². The second kappa shape index (κ2) is 11.5. The molecule has 0 spiro atoms. The summed E-state index contributed by atoms with van der Waals surface area (Å²) in [6, 6.07) is 18.8. The number of rotatable bonds is 8. The Balaban J connectivity index is 1.37. The first-order valence-electron chi connectivity index (χ1n) is 12.5. The standard InChI is InChI=1S/C28H38N2O2/c1-32-27-16-10-9-15-26(27)30-21-19-29(20-22-30)18-17-25(23-11-7-4-8-12-23)28(31)24-13-5-2-3-6-14-24/h4,7-12,15-16,24-25H,2-3,5-6,13-14,17-22H2,1H3. The van der Waals surface area contributed by atoms with Crippen molar-refractivity contribution in [3.8, 4) is 5.75 Å². The van der Waals surface area contributed by atoms with E-state index in [9.17, 15) is 4.79 Å². The summed E-state index contributed by atoms with van der Waals surface area (Å²) >= 11 is 0. The van der Waals surface area contributed by atoms with Crippen molar-refractivity contribution in [1.29, 1.82) is 0 Å². The molecular formula is C28H38N2O2. The summed E-state index contributed by atoms with van der Waals surface area (Å²) in [5.41, 5.74) is 2.38. The van der Waals surface area contributed by atoms with Crippen LogP contribution in [-0.2, 0) is 4.79 Å². The summed E-state index contributed by atoms with van der Waals surface area (Å²) in [7, 11) is 1.74. The van der Waals surface area contributed by atoms with Crippen LogP contribution in [-0.4, -0.2) is 50.5 Å². The third-order valence-corrected chi connectivity index (χ3v) is 7.34. The highest BCUT2D eigenvalue weighted by Gasteiger charge is 2.29. The van der Waals surface area contributed by atoms with E-state index in [1.54, 1.807) is 7.11 Å². The molecule has 4 heteroatoms. The van der Waals surface area contributed by atoms with Crippen LogP contribution in [0.2, 0.25) is 0 Å². The minimum Gasteiger partial charge on any atom is -0.495 e. The summed E-state index contributed by atoms with van der Waals surface area (Å²) in [5.74, 6) is 1.72. The Morgan fingerprint density at radius 1 is 0.906 bits per heavy atom. The van der Waals surface area contributed by atoms with Crippen LogP contribution in [0.15, 0.2) is 54.6 Å². The van der Waals surface area contributed by atoms with Gasteiger partial charge >= 0.3 is 0 Å². The van der Waals surface area contributed by atoms with E-state index in [0.29, 0.717) is 5.78 Å². The van der Waals surface area contributed by atoms with Crippen molar-refractivity contribution in [1.82, 2.24) is 4.90 Å². The summed E-state index contributed by atoms with van der Waals surface area (Å²) in [6.07, 6.45) is 8.09. The van der Waals surface area contributed by atoms with Gasteiger partial charge in [0.25, 0.3) is 0 Å². The molecule has 4 nitrogen and oxygen atoms in total. The van der Waals surface area contributed by atoms with Crippen LogP contribution in [0.4, 0.5) is 5.69 Å². The van der Waals surface area contributed by atoms with Crippen LogP contribution < -0.4 is 9.64 Å². The largest absolute Gasteiger partial charge is 0.495 e. The first-order chi connectivity index (χ1) is 15.8. The van der Waals surface area contributed by atoms with Gasteiger partial charge in [-0.2, -0.15) is 0 Å². The second-order valence-electron chi connectivity index (χ2n) is 9.34. The van der Waals surface area contributed by atoms with Crippen LogP contribution in [0.25, 0.3) is 0 Å². The fourth-order valence-electron chi connectivity index (χ4n) is 5.42. The van der Waals surface area contributed by atoms with Gasteiger partial charge in [-0.15, -0.1) is 0 Å². The number of ether oxygens (including phenoxy) is 1. The third-order valence-electron chi connectivity index (χ3n) is 7.34. The number of carbonyl (C=O) groups excluding carboxylic acids is 1. The van der Waals surface area contributed by atoms with Crippen LogP contribution in [0.3, 0.4) is 0 Å². The van der Waals surface area contributed by atoms with Gasteiger partial charge in [-0.1, -0.05) is 68.1 Å². The van der Waals surface area contributed by atoms with Crippen LogP contribution >= 0.6 is 0 Å². The number of nitrogens with zero attached hydrogens (tertiary/aromatic N) is 2. The Kier molecular flexibility index (Phi) is 8.22. The molecule has 1 saturated heterocycles. The van der Waals surface area contributed by atoms with Crippen molar-refractivity contribution in [3.05, 3.63) is 60.2 Å². The number of benzene rings is 2. The maximum atomic E-state index is 13.6. The molecule has 1 saturated carbocycles. The minimum absolute atomic E-state index is 0.0338. The van der Waals surface area contributed by atoms with Gasteiger partial charge in [0.2, 0.25) is 0 Å². The molecule has 0 radical (unpaired) electrons. The molecular weight excluding hydrogens is 396 g/mol. The average Bonchev–Trinajstić information content (AvgIpc) is 3.15. The second-order valence-corrected chi connectivity index (χ2v) is 9.34. The number of methoxy groups -OCH3 is 1. The molecule has 2 fully saturated rings. The zero-order valence-corrected chi connectivity index (χ0v) is 19.5. The Labute approximate surface area is 193 Å². The normalized spacial score (nSPS) is 19.3. The molecule has 1 unspecified atom stereocenters. The molecule has 0 bridgehead atoms. The highest BCUT2D eigenvalue weighted by Crippen LogP contribution is 2.32. The molecule has 172 valence electrons. The van der Waals surface area contributed by atoms with Gasteiger partial charge < -0.3 is 9.64 Å². The van der Waals surface area contributed by atoms with Gasteiger partial charge in [-0.3, -0.25) is 9.69 Å². The van der Waals surface area contributed by atoms with Gasteiger partial charge in [0.05, 0.1) is 12.8 Å². The van der Waals surface area contributed by atoms with Crippen LogP contribution in [0.5, 0.6) is 5.75 Å². The Morgan fingerprint density at radius 3 is 2.25 bits per heavy atom. The molecule has 0 amide bonds. The molecule has 2 aromatic carbocycles. The van der Waals surface area contributed by atoms with E-state index >= 15 is 0 Å². The van der Waals surface area contributed by atoms with E-state index in [1.807, 2.05) is 18.2 Å². The SMILES string of the molecule is COc1ccccc1N1CCN(CCC(C(=O)C2CCCCCC2)c2ccccc2)CC1. The fraction of sp³-hybridized carbons (Fsp3) is 0.536. The first-order valence-corrected chi connectivity index (χ1v) is 12.5. The molecule has 2 aromatic rings. The summed E-state index contributed by atoms with van der Waals surface area (Å²) in [5, 5.41) is 0. The predicted molar refractivity (Wildman–Crippen MR) is 132 cm³/mol. The van der Waals surface area contributed by atoms with E-state index in [0.717, 1.165) is 57.7 Å². The van der Waals surface area contributed by atoms with E-state index in [4.69, 9.17) is 4.74 Å². The third kappa shape index (κ3) is 5.72. The summed E-state index contributed by atoms with van der Waals surface area (Å²) in [6.45, 7) is 5.02. The summed E-state index contributed by atoms with van der Waals surface area (Å²) < 4.78 is 5.55. The number of Topliss-reactive ketones (excluding diaryl/α,β-unsaturated/α-hetero) is 1. The van der Waals surface area contributed by atoms with E-state index in [1.165, 1.54) is 36.9 Å². The molecule has 4 rings (SSSR count). The van der Waals surface area contributed by atoms with Crippen molar-refractivity contribution in [3.63, 3.8) is 0 Å². The van der Waals surface area contributed by atoms with Gasteiger partial charge in [0.1, 0.15) is 11.5 Å². The topological polar surface area (TPSA) is 32.8 Å². The van der Waals surface area contributed by atoms with Crippen LogP contribution in [0, 0.1) is 5.92 Å². The van der Waals surface area contributed by atoms with Crippen molar-refractivity contribution < 1.29 is 9.53 Å². The number of ketones is 1. The average molecular weight is 435 g/mol. The van der Waals surface area contributed by atoms with Crippen molar-refractivity contribution in [2.45, 2.75) is 50.9 Å². The lowest BCUT2D eigenvalue weighted by Gasteiger charge is -2.37. The van der Waals surface area contributed by atoms with Gasteiger partial charge in [-0.25, -0.2) is 0 Å². The lowest BCUT2D eigenvalue weighted by atomic mass is 9.82. The molecule has 1 aliphatic carbocycles. The van der Waals surface area contributed by atoms with Gasteiger partial charge in [-0.05, 0) is 43.5 Å². The number of para-hydroxylation sites is 2. The van der Waals surface area contributed by atoms with Crippen molar-refractivity contribution >= 4 is 11.5 Å². The maximum Gasteiger partial charge on any atom is 0.143 e. The first kappa shape index (κ1) is 22.8. The number of hydrogen-bond donors (Lipinski definition) is 0. The molecule has 32 heavy (non-hydrogen) atoms. The number of hydrogen-bond acceptors (Lipinski definition) is 4. The molecule has 1 aliphatic heterocycles.